The predicted molar refractivity (Wildman–Crippen MR) is 66.1 cm³/mol. The standard InChI is InChI=1S/C12H25N3O/c1-8(2)14-12(16)9(3)15-11-6-4-5-10(11)7-13/h8-11,15H,4-7,13H2,1-3H3,(H,14,16). The van der Waals surface area contributed by atoms with Crippen molar-refractivity contribution in [2.75, 3.05) is 6.54 Å². The van der Waals surface area contributed by atoms with Crippen molar-refractivity contribution in [1.82, 2.24) is 10.6 Å². The fourth-order valence-corrected chi connectivity index (χ4v) is 2.34. The Kier molecular flexibility index (Phi) is 5.22. The molecule has 0 aromatic rings. The van der Waals surface area contributed by atoms with E-state index in [2.05, 4.69) is 10.6 Å². The zero-order valence-corrected chi connectivity index (χ0v) is 10.6. The molecule has 0 saturated heterocycles. The summed E-state index contributed by atoms with van der Waals surface area (Å²) in [7, 11) is 0. The van der Waals surface area contributed by atoms with Gasteiger partial charge in [0, 0.05) is 12.1 Å². The van der Waals surface area contributed by atoms with Gasteiger partial charge in [0.15, 0.2) is 0 Å². The zero-order chi connectivity index (χ0) is 12.1. The molecule has 0 aromatic carbocycles. The van der Waals surface area contributed by atoms with Gasteiger partial charge < -0.3 is 16.4 Å². The minimum Gasteiger partial charge on any atom is -0.353 e. The summed E-state index contributed by atoms with van der Waals surface area (Å²) in [6, 6.07) is 0.489. The molecule has 1 fully saturated rings. The van der Waals surface area contributed by atoms with Gasteiger partial charge >= 0.3 is 0 Å². The van der Waals surface area contributed by atoms with E-state index in [1.165, 1.54) is 12.8 Å². The molecule has 1 amide bonds. The maximum Gasteiger partial charge on any atom is 0.237 e. The van der Waals surface area contributed by atoms with E-state index < -0.39 is 0 Å². The summed E-state index contributed by atoms with van der Waals surface area (Å²) in [5, 5.41) is 6.31. The average Bonchev–Trinajstić information content (AvgIpc) is 2.64. The Balaban J connectivity index is 2.38. The van der Waals surface area contributed by atoms with Crippen LogP contribution < -0.4 is 16.4 Å². The van der Waals surface area contributed by atoms with Gasteiger partial charge in [-0.2, -0.15) is 0 Å². The van der Waals surface area contributed by atoms with Crippen LogP contribution in [0.3, 0.4) is 0 Å². The first kappa shape index (κ1) is 13.5. The summed E-state index contributed by atoms with van der Waals surface area (Å²) < 4.78 is 0. The number of nitrogens with one attached hydrogen (secondary N) is 2. The van der Waals surface area contributed by atoms with E-state index in [1.54, 1.807) is 0 Å². The minimum atomic E-state index is -0.125. The van der Waals surface area contributed by atoms with E-state index in [4.69, 9.17) is 5.73 Å². The van der Waals surface area contributed by atoms with Gasteiger partial charge in [-0.3, -0.25) is 4.79 Å². The van der Waals surface area contributed by atoms with Gasteiger partial charge in [0.05, 0.1) is 6.04 Å². The number of rotatable bonds is 5. The molecule has 16 heavy (non-hydrogen) atoms. The van der Waals surface area contributed by atoms with Crippen LogP contribution >= 0.6 is 0 Å². The van der Waals surface area contributed by atoms with Crippen LogP contribution in [0.25, 0.3) is 0 Å². The molecule has 4 nitrogen and oxygen atoms in total. The third-order valence-corrected chi connectivity index (χ3v) is 3.25. The summed E-state index contributed by atoms with van der Waals surface area (Å²) >= 11 is 0. The molecule has 1 aliphatic rings. The molecule has 1 aliphatic carbocycles. The van der Waals surface area contributed by atoms with E-state index in [1.807, 2.05) is 20.8 Å². The van der Waals surface area contributed by atoms with Crippen LogP contribution in [0.4, 0.5) is 0 Å². The second kappa shape index (κ2) is 6.21. The first-order valence-corrected chi connectivity index (χ1v) is 6.31. The number of carbonyl (C=O) groups excluding carboxylic acids is 1. The van der Waals surface area contributed by atoms with Gasteiger partial charge in [-0.15, -0.1) is 0 Å². The number of hydrogen-bond donors (Lipinski definition) is 3. The normalized spacial score (nSPS) is 27.1. The Bertz CT molecular complexity index is 230. The molecule has 1 saturated carbocycles. The fraction of sp³-hybridized carbons (Fsp3) is 0.917. The van der Waals surface area contributed by atoms with Crippen LogP contribution in [0, 0.1) is 5.92 Å². The van der Waals surface area contributed by atoms with E-state index in [9.17, 15) is 4.79 Å². The molecule has 3 unspecified atom stereocenters. The van der Waals surface area contributed by atoms with Crippen LogP contribution in [0.5, 0.6) is 0 Å². The van der Waals surface area contributed by atoms with Gasteiger partial charge in [0.1, 0.15) is 0 Å². The predicted octanol–water partition coefficient (Wildman–Crippen LogP) is 0.617. The highest BCUT2D eigenvalue weighted by Crippen LogP contribution is 2.24. The SMILES string of the molecule is CC(C)NC(=O)C(C)NC1CCCC1CN. The van der Waals surface area contributed by atoms with Crippen LogP contribution in [0.2, 0.25) is 0 Å². The Morgan fingerprint density at radius 2 is 2.06 bits per heavy atom. The minimum absolute atomic E-state index is 0.0812. The Morgan fingerprint density at radius 1 is 1.38 bits per heavy atom. The van der Waals surface area contributed by atoms with Crippen LogP contribution in [-0.2, 0) is 4.79 Å². The molecule has 0 heterocycles. The van der Waals surface area contributed by atoms with Crippen LogP contribution in [0.15, 0.2) is 0 Å². The summed E-state index contributed by atoms with van der Waals surface area (Å²) in [4.78, 5) is 11.7. The number of nitrogens with two attached hydrogens (primary N) is 1. The molecule has 0 bridgehead atoms. The molecule has 0 radical (unpaired) electrons. The lowest BCUT2D eigenvalue weighted by atomic mass is 10.0. The van der Waals surface area contributed by atoms with E-state index in [-0.39, 0.29) is 18.0 Å². The Hall–Kier alpha value is -0.610. The van der Waals surface area contributed by atoms with Gasteiger partial charge in [-0.1, -0.05) is 6.42 Å². The highest BCUT2D eigenvalue weighted by atomic mass is 16.2. The van der Waals surface area contributed by atoms with Gasteiger partial charge in [-0.05, 0) is 46.1 Å². The van der Waals surface area contributed by atoms with Gasteiger partial charge in [0.25, 0.3) is 0 Å². The number of carbonyl (C=O) groups is 1. The molecular weight excluding hydrogens is 202 g/mol. The third kappa shape index (κ3) is 3.76. The molecule has 0 aromatic heterocycles. The zero-order valence-electron chi connectivity index (χ0n) is 10.6. The smallest absolute Gasteiger partial charge is 0.237 e. The van der Waals surface area contributed by atoms with Crippen molar-refractivity contribution in [3.63, 3.8) is 0 Å². The first-order chi connectivity index (χ1) is 7.54. The van der Waals surface area contributed by atoms with Crippen molar-refractivity contribution in [2.45, 2.75) is 58.2 Å². The quantitative estimate of drug-likeness (QED) is 0.645. The molecule has 0 spiro atoms. The maximum atomic E-state index is 11.7. The van der Waals surface area contributed by atoms with E-state index in [0.717, 1.165) is 13.0 Å². The largest absolute Gasteiger partial charge is 0.353 e. The first-order valence-electron chi connectivity index (χ1n) is 6.31. The fourth-order valence-electron chi connectivity index (χ4n) is 2.34. The summed E-state index contributed by atoms with van der Waals surface area (Å²) in [5.74, 6) is 0.618. The molecular formula is C12H25N3O. The van der Waals surface area contributed by atoms with Crippen molar-refractivity contribution < 1.29 is 4.79 Å². The summed E-state index contributed by atoms with van der Waals surface area (Å²) in [6.07, 6.45) is 3.55. The average molecular weight is 227 g/mol. The number of hydrogen-bond acceptors (Lipinski definition) is 3. The van der Waals surface area contributed by atoms with Gasteiger partial charge in [0.2, 0.25) is 5.91 Å². The van der Waals surface area contributed by atoms with Crippen LogP contribution in [0.1, 0.15) is 40.0 Å². The molecule has 1 rings (SSSR count). The Morgan fingerprint density at radius 3 is 2.62 bits per heavy atom. The Labute approximate surface area is 98.3 Å². The second-order valence-electron chi connectivity index (χ2n) is 5.08. The van der Waals surface area contributed by atoms with Crippen molar-refractivity contribution in [3.8, 4) is 0 Å². The lowest BCUT2D eigenvalue weighted by molar-refractivity contribution is -0.123. The number of amides is 1. The van der Waals surface area contributed by atoms with E-state index in [0.29, 0.717) is 12.0 Å². The maximum absolute atomic E-state index is 11.7. The van der Waals surface area contributed by atoms with Crippen LogP contribution in [-0.4, -0.2) is 30.6 Å². The molecule has 3 atom stereocenters. The molecule has 4 N–H and O–H groups in total. The monoisotopic (exact) mass is 227 g/mol. The van der Waals surface area contributed by atoms with Gasteiger partial charge in [-0.25, -0.2) is 0 Å². The lowest BCUT2D eigenvalue weighted by Crippen LogP contribution is -2.50. The highest BCUT2D eigenvalue weighted by molar-refractivity contribution is 5.81. The summed E-state index contributed by atoms with van der Waals surface area (Å²) in [6.45, 7) is 6.59. The highest BCUT2D eigenvalue weighted by Gasteiger charge is 2.28. The topological polar surface area (TPSA) is 67.2 Å². The summed E-state index contributed by atoms with van der Waals surface area (Å²) in [5.41, 5.74) is 5.72. The van der Waals surface area contributed by atoms with Crippen molar-refractivity contribution in [1.29, 1.82) is 0 Å². The second-order valence-corrected chi connectivity index (χ2v) is 5.08. The molecule has 0 aliphatic heterocycles. The van der Waals surface area contributed by atoms with Crippen molar-refractivity contribution in [2.24, 2.45) is 11.7 Å². The van der Waals surface area contributed by atoms with E-state index >= 15 is 0 Å². The lowest BCUT2D eigenvalue weighted by Gasteiger charge is -2.24. The molecule has 94 valence electrons. The molecule has 4 heteroatoms. The van der Waals surface area contributed by atoms with Crippen molar-refractivity contribution >= 4 is 5.91 Å². The third-order valence-electron chi connectivity index (χ3n) is 3.25. The van der Waals surface area contributed by atoms with Crippen molar-refractivity contribution in [3.05, 3.63) is 0 Å².